The summed E-state index contributed by atoms with van der Waals surface area (Å²) in [5, 5.41) is 8.70. The molecule has 33 heavy (non-hydrogen) atoms. The average molecular weight is 446 g/mol. The van der Waals surface area contributed by atoms with Gasteiger partial charge in [-0.15, -0.1) is 0 Å². The molecule has 3 aromatic rings. The molecule has 170 valence electrons. The van der Waals surface area contributed by atoms with Gasteiger partial charge in [-0.1, -0.05) is 42.5 Å². The van der Waals surface area contributed by atoms with Crippen LogP contribution in [0.25, 0.3) is 11.3 Å². The van der Waals surface area contributed by atoms with Crippen molar-refractivity contribution < 1.29 is 23.8 Å². The third-order valence-corrected chi connectivity index (χ3v) is 5.53. The van der Waals surface area contributed by atoms with Gasteiger partial charge >= 0.3 is 5.97 Å². The third-order valence-electron chi connectivity index (χ3n) is 5.53. The fourth-order valence-electron chi connectivity index (χ4n) is 3.63. The number of hydrogen-bond donors (Lipinski definition) is 1. The molecule has 6 nitrogen and oxygen atoms in total. The van der Waals surface area contributed by atoms with Crippen LogP contribution in [0.4, 0.5) is 0 Å². The maximum atomic E-state index is 13.3. The third kappa shape index (κ3) is 6.13. The van der Waals surface area contributed by atoms with Crippen molar-refractivity contribution in [2.45, 2.75) is 38.3 Å². The summed E-state index contributed by atoms with van der Waals surface area (Å²) in [5.41, 5.74) is 2.53. The van der Waals surface area contributed by atoms with Crippen molar-refractivity contribution in [1.82, 2.24) is 4.90 Å². The van der Waals surface area contributed by atoms with E-state index in [-0.39, 0.29) is 18.4 Å². The fourth-order valence-corrected chi connectivity index (χ4v) is 3.63. The van der Waals surface area contributed by atoms with Crippen LogP contribution in [-0.2, 0) is 11.3 Å². The molecule has 1 heterocycles. The fraction of sp³-hybridized carbons (Fsp3) is 0.259. The highest BCUT2D eigenvalue weighted by Gasteiger charge is 2.33. The number of aliphatic carboxylic acids is 1. The van der Waals surface area contributed by atoms with Crippen molar-refractivity contribution in [3.8, 4) is 17.1 Å². The molecule has 4 rings (SSSR count). The predicted octanol–water partition coefficient (Wildman–Crippen LogP) is 5.55. The zero-order valence-electron chi connectivity index (χ0n) is 18.4. The van der Waals surface area contributed by atoms with Crippen LogP contribution in [0, 0.1) is 0 Å². The molecular weight excluding hydrogens is 418 g/mol. The number of para-hydroxylation sites is 1. The Kier molecular flexibility index (Phi) is 7.25. The Bertz CT molecular complexity index is 1100. The van der Waals surface area contributed by atoms with Crippen molar-refractivity contribution >= 4 is 11.9 Å². The summed E-state index contributed by atoms with van der Waals surface area (Å²) < 4.78 is 11.3. The molecule has 1 saturated carbocycles. The number of allylic oxidation sites excluding steroid dienone is 1. The number of carbonyl (C=O) groups is 2. The van der Waals surface area contributed by atoms with Gasteiger partial charge in [0.2, 0.25) is 0 Å². The Labute approximate surface area is 193 Å². The number of hydrogen-bond acceptors (Lipinski definition) is 4. The normalized spacial score (nSPS) is 13.2. The Morgan fingerprint density at radius 2 is 1.82 bits per heavy atom. The van der Waals surface area contributed by atoms with Crippen LogP contribution in [0.3, 0.4) is 0 Å². The monoisotopic (exact) mass is 445 g/mol. The number of amides is 1. The molecule has 0 atom stereocenters. The van der Waals surface area contributed by atoms with Gasteiger partial charge in [0.25, 0.3) is 5.91 Å². The van der Waals surface area contributed by atoms with Crippen LogP contribution >= 0.6 is 0 Å². The second-order valence-corrected chi connectivity index (χ2v) is 8.04. The smallest absolute Gasteiger partial charge is 0.303 e. The van der Waals surface area contributed by atoms with Crippen LogP contribution in [0.5, 0.6) is 5.75 Å². The van der Waals surface area contributed by atoms with Crippen LogP contribution < -0.4 is 4.74 Å². The number of carboxylic acids is 1. The van der Waals surface area contributed by atoms with E-state index in [9.17, 15) is 9.59 Å². The lowest BCUT2D eigenvalue weighted by Crippen LogP contribution is -2.32. The minimum Gasteiger partial charge on any atom is -0.489 e. The van der Waals surface area contributed by atoms with Crippen LogP contribution in [0.1, 0.15) is 41.6 Å². The van der Waals surface area contributed by atoms with Crippen molar-refractivity contribution in [3.05, 3.63) is 90.2 Å². The Morgan fingerprint density at radius 1 is 1.03 bits per heavy atom. The zero-order chi connectivity index (χ0) is 23.0. The zero-order valence-corrected chi connectivity index (χ0v) is 18.4. The van der Waals surface area contributed by atoms with Crippen molar-refractivity contribution in [2.24, 2.45) is 0 Å². The van der Waals surface area contributed by atoms with E-state index in [0.29, 0.717) is 25.1 Å². The quantitative estimate of drug-likeness (QED) is 0.391. The maximum absolute atomic E-state index is 13.3. The first-order valence-electron chi connectivity index (χ1n) is 11.1. The topological polar surface area (TPSA) is 80.0 Å². The van der Waals surface area contributed by atoms with Crippen molar-refractivity contribution in [3.63, 3.8) is 0 Å². The molecular formula is C27H27NO5. The molecule has 0 spiro atoms. The minimum atomic E-state index is -0.814. The highest BCUT2D eigenvalue weighted by Crippen LogP contribution is 2.32. The Balaban J connectivity index is 1.42. The highest BCUT2D eigenvalue weighted by atomic mass is 16.5. The standard InChI is InChI=1S/C27H27NO5/c29-26(30)10-2-1-5-17-32-25-8-4-3-7-22(25)19-28(23-15-16-23)27(31)21-13-11-20(12-14-21)24-9-6-18-33-24/h1,3-9,11-14,18,23H,2,10,15-17,19H2,(H,29,30)/b5-1+. The molecule has 1 N–H and O–H groups in total. The SMILES string of the molecule is O=C(O)CC/C=C/COc1ccccc1CN(C(=O)c1ccc(-c2ccco2)cc1)C1CC1. The Morgan fingerprint density at radius 3 is 2.52 bits per heavy atom. The van der Waals surface area contributed by atoms with Gasteiger partial charge in [0, 0.05) is 35.7 Å². The summed E-state index contributed by atoms with van der Waals surface area (Å²) in [6, 6.07) is 19.2. The number of benzene rings is 2. The van der Waals surface area contributed by atoms with Gasteiger partial charge in [-0.05, 0) is 49.6 Å². The van der Waals surface area contributed by atoms with Crippen molar-refractivity contribution in [1.29, 1.82) is 0 Å². The molecule has 0 radical (unpaired) electrons. The van der Waals surface area contributed by atoms with Gasteiger partial charge in [0.15, 0.2) is 0 Å². The molecule has 1 amide bonds. The highest BCUT2D eigenvalue weighted by molar-refractivity contribution is 5.95. The molecule has 0 aliphatic heterocycles. The van der Waals surface area contributed by atoms with Gasteiger partial charge in [0.05, 0.1) is 6.26 Å². The molecule has 0 bridgehead atoms. The lowest BCUT2D eigenvalue weighted by atomic mass is 10.1. The van der Waals surface area contributed by atoms with Crippen LogP contribution in [-0.4, -0.2) is 34.5 Å². The van der Waals surface area contributed by atoms with Crippen molar-refractivity contribution in [2.75, 3.05) is 6.61 Å². The van der Waals surface area contributed by atoms with E-state index in [1.54, 1.807) is 6.26 Å². The van der Waals surface area contributed by atoms with Gasteiger partial charge < -0.3 is 19.2 Å². The van der Waals surface area contributed by atoms with Gasteiger partial charge in [-0.2, -0.15) is 0 Å². The van der Waals surface area contributed by atoms with E-state index in [2.05, 4.69) is 0 Å². The second kappa shape index (κ2) is 10.7. The minimum absolute atomic E-state index is 0.00636. The number of nitrogens with zero attached hydrogens (tertiary/aromatic N) is 1. The predicted molar refractivity (Wildman–Crippen MR) is 125 cm³/mol. The molecule has 1 aromatic heterocycles. The summed E-state index contributed by atoms with van der Waals surface area (Å²) in [6.07, 6.45) is 7.86. The molecule has 2 aromatic carbocycles. The van der Waals surface area contributed by atoms with E-state index < -0.39 is 5.97 Å². The summed E-state index contributed by atoms with van der Waals surface area (Å²) in [6.45, 7) is 0.824. The Hall–Kier alpha value is -3.80. The van der Waals surface area contributed by atoms with E-state index in [1.807, 2.05) is 77.7 Å². The summed E-state index contributed by atoms with van der Waals surface area (Å²) >= 11 is 0. The first-order chi connectivity index (χ1) is 16.1. The molecule has 0 saturated heterocycles. The number of furan rings is 1. The van der Waals surface area contributed by atoms with E-state index in [0.717, 1.165) is 35.5 Å². The van der Waals surface area contributed by atoms with E-state index in [4.69, 9.17) is 14.3 Å². The van der Waals surface area contributed by atoms with Gasteiger partial charge in [0.1, 0.15) is 18.1 Å². The second-order valence-electron chi connectivity index (χ2n) is 8.04. The average Bonchev–Trinajstić information content (AvgIpc) is 3.52. The lowest BCUT2D eigenvalue weighted by molar-refractivity contribution is -0.136. The van der Waals surface area contributed by atoms with Crippen LogP contribution in [0.2, 0.25) is 0 Å². The lowest BCUT2D eigenvalue weighted by Gasteiger charge is -2.24. The van der Waals surface area contributed by atoms with Gasteiger partial charge in [-0.25, -0.2) is 0 Å². The largest absolute Gasteiger partial charge is 0.489 e. The molecule has 1 aliphatic rings. The summed E-state index contributed by atoms with van der Waals surface area (Å²) in [4.78, 5) is 25.8. The summed E-state index contributed by atoms with van der Waals surface area (Å²) in [5.74, 6) is 0.696. The molecule has 1 fully saturated rings. The van der Waals surface area contributed by atoms with E-state index >= 15 is 0 Å². The number of rotatable bonds is 11. The number of carboxylic acid groups (broad SMARTS) is 1. The van der Waals surface area contributed by atoms with Gasteiger partial charge in [-0.3, -0.25) is 9.59 Å². The molecule has 6 heteroatoms. The molecule has 1 aliphatic carbocycles. The number of carbonyl (C=O) groups excluding carboxylic acids is 1. The van der Waals surface area contributed by atoms with Crippen LogP contribution in [0.15, 0.2) is 83.5 Å². The molecule has 0 unspecified atom stereocenters. The number of ether oxygens (including phenoxy) is 1. The first kappa shape index (κ1) is 22.4. The van der Waals surface area contributed by atoms with E-state index in [1.165, 1.54) is 0 Å². The maximum Gasteiger partial charge on any atom is 0.303 e. The summed E-state index contributed by atoms with van der Waals surface area (Å²) in [7, 11) is 0. The first-order valence-corrected chi connectivity index (χ1v) is 11.1.